The van der Waals surface area contributed by atoms with Crippen molar-refractivity contribution in [2.75, 3.05) is 26.2 Å². The van der Waals surface area contributed by atoms with E-state index in [-0.39, 0.29) is 36.2 Å². The van der Waals surface area contributed by atoms with Gasteiger partial charge >= 0.3 is 5.97 Å². The number of hydrogen-bond acceptors (Lipinski definition) is 7. The van der Waals surface area contributed by atoms with Crippen molar-refractivity contribution < 1.29 is 33.8 Å². The Morgan fingerprint density at radius 3 is 2.40 bits per heavy atom. The van der Waals surface area contributed by atoms with Crippen molar-refractivity contribution in [2.45, 2.75) is 80.2 Å². The summed E-state index contributed by atoms with van der Waals surface area (Å²) in [6.07, 6.45) is 5.53. The molecule has 8 atom stereocenters. The van der Waals surface area contributed by atoms with Crippen molar-refractivity contribution in [1.82, 2.24) is 15.1 Å². The molecular formula is C39H48BrN3O7. The maximum absolute atomic E-state index is 14.8. The van der Waals surface area contributed by atoms with Crippen LogP contribution in [0.3, 0.4) is 0 Å². The van der Waals surface area contributed by atoms with Crippen LogP contribution in [-0.4, -0.2) is 87.4 Å². The summed E-state index contributed by atoms with van der Waals surface area (Å²) < 4.78 is 12.9. The molecule has 3 aliphatic heterocycles. The Morgan fingerprint density at radius 1 is 1.10 bits per heavy atom. The van der Waals surface area contributed by atoms with Crippen LogP contribution in [-0.2, 0) is 28.7 Å². The van der Waals surface area contributed by atoms with Gasteiger partial charge in [-0.25, -0.2) is 0 Å². The molecule has 0 aromatic heterocycles. The number of likely N-dealkylation sites (tertiary alicyclic amines) is 1. The summed E-state index contributed by atoms with van der Waals surface area (Å²) in [5.74, 6) is -3.65. The Kier molecular flexibility index (Phi) is 12.7. The molecule has 0 aliphatic carbocycles. The number of alkyl halides is 1. The predicted molar refractivity (Wildman–Crippen MR) is 193 cm³/mol. The number of hydrogen-bond donors (Lipinski definition) is 2. The zero-order valence-corrected chi connectivity index (χ0v) is 30.2. The second-order valence-electron chi connectivity index (χ2n) is 13.3. The lowest BCUT2D eigenvalue weighted by Gasteiger charge is -2.39. The van der Waals surface area contributed by atoms with E-state index in [4.69, 9.17) is 9.47 Å². The van der Waals surface area contributed by atoms with Gasteiger partial charge in [-0.05, 0) is 30.4 Å². The van der Waals surface area contributed by atoms with Crippen LogP contribution in [0.2, 0.25) is 0 Å². The number of amides is 3. The van der Waals surface area contributed by atoms with E-state index >= 15 is 0 Å². The van der Waals surface area contributed by atoms with E-state index < -0.39 is 60.2 Å². The Morgan fingerprint density at radius 2 is 1.78 bits per heavy atom. The first-order chi connectivity index (χ1) is 24.2. The van der Waals surface area contributed by atoms with Gasteiger partial charge in [0.2, 0.25) is 17.7 Å². The number of halogens is 1. The lowest BCUT2D eigenvalue weighted by Crippen LogP contribution is -2.57. The SMILES string of the molecule is C=CCCC(=O)NC[C@@H](OC(=O)[C@@H]1[C@H]2O[C@@]3(CC2Br)[C@H](C(=O)N(CC=C)CCCCC)N([C@H](CO)c2ccccc2)C(=O)[C@@H]13)c1ccccc1. The number of carbonyl (C=O) groups is 4. The van der Waals surface area contributed by atoms with Crippen molar-refractivity contribution in [1.29, 1.82) is 0 Å². The minimum absolute atomic E-state index is 0.0353. The highest BCUT2D eigenvalue weighted by Gasteiger charge is 2.77. The van der Waals surface area contributed by atoms with E-state index in [1.807, 2.05) is 60.7 Å². The molecule has 2 N–H and O–H groups in total. The number of carbonyl (C=O) groups excluding carboxylic acids is 4. The Balaban J connectivity index is 1.52. The second kappa shape index (κ2) is 16.9. The summed E-state index contributed by atoms with van der Waals surface area (Å²) in [5.41, 5.74) is 0.00624. The molecule has 0 radical (unpaired) electrons. The third-order valence-electron chi connectivity index (χ3n) is 10.1. The van der Waals surface area contributed by atoms with Crippen molar-refractivity contribution >= 4 is 39.6 Å². The predicted octanol–water partition coefficient (Wildman–Crippen LogP) is 5.04. The van der Waals surface area contributed by atoms with Gasteiger partial charge in [0.1, 0.15) is 17.7 Å². The van der Waals surface area contributed by atoms with E-state index in [0.717, 1.165) is 19.3 Å². The molecule has 5 rings (SSSR count). The van der Waals surface area contributed by atoms with E-state index in [1.54, 1.807) is 17.1 Å². The highest BCUT2D eigenvalue weighted by Crippen LogP contribution is 2.61. The van der Waals surface area contributed by atoms with Crippen LogP contribution in [0.1, 0.15) is 68.7 Å². The molecule has 3 saturated heterocycles. The summed E-state index contributed by atoms with van der Waals surface area (Å²) in [4.78, 5) is 59.4. The van der Waals surface area contributed by atoms with Gasteiger partial charge in [-0.2, -0.15) is 0 Å². The highest BCUT2D eigenvalue weighted by molar-refractivity contribution is 9.09. The second-order valence-corrected chi connectivity index (χ2v) is 14.4. The number of fused-ring (bicyclic) bond motifs is 1. The fourth-order valence-corrected chi connectivity index (χ4v) is 8.74. The molecule has 3 heterocycles. The summed E-state index contributed by atoms with van der Waals surface area (Å²) in [6, 6.07) is 16.3. The van der Waals surface area contributed by atoms with Crippen LogP contribution in [0.15, 0.2) is 86.0 Å². The molecule has 2 bridgehead atoms. The number of benzene rings is 2. The van der Waals surface area contributed by atoms with Gasteiger partial charge in [-0.3, -0.25) is 19.2 Å². The number of ether oxygens (including phenoxy) is 2. The molecule has 11 heteroatoms. The van der Waals surface area contributed by atoms with Crippen LogP contribution in [0.4, 0.5) is 0 Å². The first-order valence-corrected chi connectivity index (χ1v) is 18.5. The number of nitrogens with one attached hydrogen (secondary N) is 1. The van der Waals surface area contributed by atoms with Crippen LogP contribution in [0.5, 0.6) is 0 Å². The largest absolute Gasteiger partial charge is 0.455 e. The summed E-state index contributed by atoms with van der Waals surface area (Å²) >= 11 is 3.74. The van der Waals surface area contributed by atoms with Crippen molar-refractivity contribution in [3.8, 4) is 0 Å². The van der Waals surface area contributed by atoms with Gasteiger partial charge in [0.15, 0.2) is 0 Å². The normalized spacial score (nSPS) is 26.2. The van der Waals surface area contributed by atoms with E-state index in [9.17, 15) is 24.3 Å². The molecular weight excluding hydrogens is 702 g/mol. The Labute approximate surface area is 303 Å². The fourth-order valence-electron chi connectivity index (χ4n) is 7.80. The van der Waals surface area contributed by atoms with Gasteiger partial charge in [-0.15, -0.1) is 13.2 Å². The molecule has 50 heavy (non-hydrogen) atoms. The number of aliphatic hydroxyl groups is 1. The quantitative estimate of drug-likeness (QED) is 0.0948. The molecule has 1 unspecified atom stereocenters. The van der Waals surface area contributed by atoms with Crippen LogP contribution in [0, 0.1) is 11.8 Å². The first-order valence-electron chi connectivity index (χ1n) is 17.5. The van der Waals surface area contributed by atoms with Gasteiger partial charge < -0.3 is 29.7 Å². The molecule has 3 amide bonds. The van der Waals surface area contributed by atoms with E-state index in [1.165, 1.54) is 4.90 Å². The average Bonchev–Trinajstić information content (AvgIpc) is 3.73. The molecule has 3 fully saturated rings. The third-order valence-corrected chi connectivity index (χ3v) is 11.0. The van der Waals surface area contributed by atoms with E-state index in [0.29, 0.717) is 30.5 Å². The topological polar surface area (TPSA) is 125 Å². The zero-order valence-electron chi connectivity index (χ0n) is 28.6. The Hall–Kier alpha value is -3.80. The minimum Gasteiger partial charge on any atom is -0.455 e. The summed E-state index contributed by atoms with van der Waals surface area (Å²) in [5, 5.41) is 13.7. The number of esters is 1. The van der Waals surface area contributed by atoms with Gasteiger partial charge in [-0.1, -0.05) is 109 Å². The Bertz CT molecular complexity index is 1520. The van der Waals surface area contributed by atoms with Gasteiger partial charge in [0.25, 0.3) is 0 Å². The standard InChI is InChI=1S/C39H48BrN3O7/c1-4-7-15-22-42(21-6-3)37(47)35-39-23-28(40)34(50-39)32(33(39)36(46)43(35)29(25-44)26-16-11-9-12-17-26)38(48)49-30(27-18-13-10-14-19-27)24-41-31(45)20-8-5-2/h5-6,9-14,16-19,28-30,32-35,44H,2-4,7-8,15,20-25H2,1H3,(H,41,45)/t28?,29-,30-,32+,33-,34+,35+,39-/m1/s1. The lowest BCUT2D eigenvalue weighted by molar-refractivity contribution is -0.161. The molecule has 0 saturated carbocycles. The maximum Gasteiger partial charge on any atom is 0.313 e. The average molecular weight is 751 g/mol. The molecule has 3 aliphatic rings. The maximum atomic E-state index is 14.8. The number of nitrogens with zero attached hydrogens (tertiary/aromatic N) is 2. The monoisotopic (exact) mass is 749 g/mol. The zero-order chi connectivity index (χ0) is 35.8. The van der Waals surface area contributed by atoms with E-state index in [2.05, 4.69) is 41.3 Å². The highest BCUT2D eigenvalue weighted by atomic mass is 79.9. The molecule has 10 nitrogen and oxygen atoms in total. The molecule has 2 aromatic rings. The van der Waals surface area contributed by atoms with Crippen molar-refractivity contribution in [2.24, 2.45) is 11.8 Å². The van der Waals surface area contributed by atoms with Crippen LogP contribution < -0.4 is 5.32 Å². The molecule has 1 spiro atoms. The van der Waals surface area contributed by atoms with Gasteiger partial charge in [0, 0.05) is 24.3 Å². The molecule has 2 aromatic carbocycles. The van der Waals surface area contributed by atoms with Crippen molar-refractivity contribution in [3.05, 3.63) is 97.1 Å². The smallest absolute Gasteiger partial charge is 0.313 e. The minimum atomic E-state index is -1.34. The number of allylic oxidation sites excluding steroid dienone is 1. The van der Waals surface area contributed by atoms with Crippen LogP contribution in [0.25, 0.3) is 0 Å². The number of aliphatic hydroxyl groups excluding tert-OH is 1. The molecule has 268 valence electrons. The number of rotatable bonds is 18. The summed E-state index contributed by atoms with van der Waals surface area (Å²) in [6.45, 7) is 9.99. The van der Waals surface area contributed by atoms with Crippen molar-refractivity contribution in [3.63, 3.8) is 0 Å². The fraction of sp³-hybridized carbons (Fsp3) is 0.487. The van der Waals surface area contributed by atoms with Crippen LogP contribution >= 0.6 is 15.9 Å². The third kappa shape index (κ3) is 7.45. The number of unbranched alkanes of at least 4 members (excludes halogenated alkanes) is 2. The summed E-state index contributed by atoms with van der Waals surface area (Å²) in [7, 11) is 0. The first kappa shape index (κ1) is 37.5. The lowest BCUT2D eigenvalue weighted by atomic mass is 9.70. The van der Waals surface area contributed by atoms with Gasteiger partial charge in [0.05, 0.1) is 37.1 Å².